The van der Waals surface area contributed by atoms with Crippen LogP contribution >= 0.6 is 0 Å². The quantitative estimate of drug-likeness (QED) is 0.716. The highest BCUT2D eigenvalue weighted by Crippen LogP contribution is 2.42. The summed E-state index contributed by atoms with van der Waals surface area (Å²) in [6, 6.07) is 11.0. The van der Waals surface area contributed by atoms with Crippen LogP contribution in [0.1, 0.15) is 63.9 Å². The Bertz CT molecular complexity index is 328. The van der Waals surface area contributed by atoms with E-state index in [-0.39, 0.29) is 5.60 Å². The molecule has 100 valence electrons. The summed E-state index contributed by atoms with van der Waals surface area (Å²) in [7, 11) is 0. The maximum atomic E-state index is 6.10. The molecule has 0 saturated heterocycles. The molecule has 0 unspecified atom stereocenters. The Labute approximate surface area is 112 Å². The second-order valence-corrected chi connectivity index (χ2v) is 5.55. The van der Waals surface area contributed by atoms with E-state index in [4.69, 9.17) is 4.74 Å². The second-order valence-electron chi connectivity index (χ2n) is 5.55. The Morgan fingerprint density at radius 1 is 1.11 bits per heavy atom. The lowest BCUT2D eigenvalue weighted by Gasteiger charge is -2.40. The predicted octanol–water partition coefficient (Wildman–Crippen LogP) is 4.92. The fraction of sp³-hybridized carbons (Fsp3) is 0.647. The second kappa shape index (κ2) is 6.38. The maximum absolute atomic E-state index is 6.10. The molecule has 0 radical (unpaired) electrons. The van der Waals surface area contributed by atoms with Crippen LogP contribution in [0.5, 0.6) is 0 Å². The van der Waals surface area contributed by atoms with Crippen LogP contribution < -0.4 is 0 Å². The van der Waals surface area contributed by atoms with Crippen molar-refractivity contribution in [2.24, 2.45) is 0 Å². The largest absolute Gasteiger partial charge is 0.375 e. The number of ether oxygens (including phenoxy) is 1. The minimum Gasteiger partial charge on any atom is -0.375 e. The van der Waals surface area contributed by atoms with Crippen molar-refractivity contribution in [3.8, 4) is 0 Å². The lowest BCUT2D eigenvalue weighted by molar-refractivity contribution is -0.0736. The predicted molar refractivity (Wildman–Crippen MR) is 76.9 cm³/mol. The minimum atomic E-state index is 0.189. The normalized spacial score (nSPS) is 28.2. The molecule has 0 bridgehead atoms. The lowest BCUT2D eigenvalue weighted by atomic mass is 9.74. The molecule has 1 fully saturated rings. The Morgan fingerprint density at radius 3 is 2.33 bits per heavy atom. The first-order valence-corrected chi connectivity index (χ1v) is 7.48. The van der Waals surface area contributed by atoms with E-state index in [1.165, 1.54) is 44.1 Å². The zero-order valence-electron chi connectivity index (χ0n) is 11.8. The molecule has 1 aliphatic carbocycles. The Morgan fingerprint density at radius 2 is 1.78 bits per heavy atom. The Hall–Kier alpha value is -0.820. The molecule has 0 aliphatic heterocycles. The molecule has 1 nitrogen and oxygen atoms in total. The molecule has 0 aromatic heterocycles. The van der Waals surface area contributed by atoms with Gasteiger partial charge in [-0.05, 0) is 50.5 Å². The summed E-state index contributed by atoms with van der Waals surface area (Å²) in [4.78, 5) is 0. The van der Waals surface area contributed by atoms with Crippen LogP contribution in [0.4, 0.5) is 0 Å². The van der Waals surface area contributed by atoms with Gasteiger partial charge < -0.3 is 4.74 Å². The van der Waals surface area contributed by atoms with Crippen molar-refractivity contribution in [1.29, 1.82) is 0 Å². The first-order valence-electron chi connectivity index (χ1n) is 7.48. The van der Waals surface area contributed by atoms with Crippen LogP contribution in [0.2, 0.25) is 0 Å². The van der Waals surface area contributed by atoms with E-state index in [1.807, 2.05) is 0 Å². The van der Waals surface area contributed by atoms with E-state index in [0.29, 0.717) is 0 Å². The first kappa shape index (κ1) is 13.6. The summed E-state index contributed by atoms with van der Waals surface area (Å²) in [6.45, 7) is 5.25. The zero-order chi connectivity index (χ0) is 12.8. The van der Waals surface area contributed by atoms with E-state index in [1.54, 1.807) is 0 Å². The summed E-state index contributed by atoms with van der Waals surface area (Å²) in [6.07, 6.45) is 7.48. The number of hydrogen-bond acceptors (Lipinski definition) is 1. The van der Waals surface area contributed by atoms with Gasteiger partial charge in [-0.15, -0.1) is 0 Å². The van der Waals surface area contributed by atoms with Crippen molar-refractivity contribution in [3.63, 3.8) is 0 Å². The van der Waals surface area contributed by atoms with E-state index in [9.17, 15) is 0 Å². The molecule has 0 amide bonds. The third-order valence-electron chi connectivity index (χ3n) is 4.32. The molecule has 1 aliphatic rings. The van der Waals surface area contributed by atoms with E-state index in [0.717, 1.165) is 12.5 Å². The Balaban J connectivity index is 1.97. The minimum absolute atomic E-state index is 0.189. The van der Waals surface area contributed by atoms with Gasteiger partial charge in [0.2, 0.25) is 0 Å². The molecule has 1 aromatic rings. The summed E-state index contributed by atoms with van der Waals surface area (Å²) >= 11 is 0. The molecular formula is C17H26O. The van der Waals surface area contributed by atoms with Crippen LogP contribution in [-0.4, -0.2) is 12.2 Å². The highest BCUT2D eigenvalue weighted by Gasteiger charge is 2.35. The topological polar surface area (TPSA) is 9.23 Å². The molecule has 1 heteroatoms. The highest BCUT2D eigenvalue weighted by molar-refractivity contribution is 5.20. The number of benzene rings is 1. The summed E-state index contributed by atoms with van der Waals surface area (Å²) < 4.78 is 6.10. The summed E-state index contributed by atoms with van der Waals surface area (Å²) in [5, 5.41) is 0. The molecule has 2 rings (SSSR count). The first-order chi connectivity index (χ1) is 8.79. The molecule has 1 saturated carbocycles. The highest BCUT2D eigenvalue weighted by atomic mass is 16.5. The molecule has 18 heavy (non-hydrogen) atoms. The van der Waals surface area contributed by atoms with Gasteiger partial charge in [0.1, 0.15) is 0 Å². The van der Waals surface area contributed by atoms with Gasteiger partial charge in [0.15, 0.2) is 0 Å². The molecule has 0 heterocycles. The van der Waals surface area contributed by atoms with Gasteiger partial charge in [-0.2, -0.15) is 0 Å². The van der Waals surface area contributed by atoms with E-state index < -0.39 is 0 Å². The number of rotatable bonds is 5. The van der Waals surface area contributed by atoms with Gasteiger partial charge >= 0.3 is 0 Å². The standard InChI is InChI=1S/C17H26O/c1-3-12-17(18-4-2)13-10-16(11-14-17)15-8-6-5-7-9-15/h5-9,16H,3-4,10-14H2,1-2H3. The Kier molecular flexibility index (Phi) is 4.82. The van der Waals surface area contributed by atoms with Crippen LogP contribution in [-0.2, 0) is 4.74 Å². The van der Waals surface area contributed by atoms with Crippen molar-refractivity contribution < 1.29 is 4.74 Å². The van der Waals surface area contributed by atoms with E-state index >= 15 is 0 Å². The third kappa shape index (κ3) is 3.14. The third-order valence-corrected chi connectivity index (χ3v) is 4.32. The smallest absolute Gasteiger partial charge is 0.0682 e. The zero-order valence-corrected chi connectivity index (χ0v) is 11.8. The van der Waals surface area contributed by atoms with Crippen molar-refractivity contribution in [2.75, 3.05) is 6.61 Å². The molecular weight excluding hydrogens is 220 g/mol. The van der Waals surface area contributed by atoms with Gasteiger partial charge in [0.25, 0.3) is 0 Å². The molecule has 0 spiro atoms. The van der Waals surface area contributed by atoms with E-state index in [2.05, 4.69) is 44.2 Å². The van der Waals surface area contributed by atoms with Gasteiger partial charge in [-0.3, -0.25) is 0 Å². The van der Waals surface area contributed by atoms with Crippen LogP contribution in [0.3, 0.4) is 0 Å². The monoisotopic (exact) mass is 246 g/mol. The average Bonchev–Trinajstić information content (AvgIpc) is 2.41. The molecule has 0 atom stereocenters. The van der Waals surface area contributed by atoms with Gasteiger partial charge in [0, 0.05) is 6.61 Å². The van der Waals surface area contributed by atoms with Crippen molar-refractivity contribution in [2.45, 2.75) is 63.9 Å². The lowest BCUT2D eigenvalue weighted by Crippen LogP contribution is -2.36. The number of hydrogen-bond donors (Lipinski definition) is 0. The molecule has 0 N–H and O–H groups in total. The average molecular weight is 246 g/mol. The summed E-state index contributed by atoms with van der Waals surface area (Å²) in [5.74, 6) is 0.747. The summed E-state index contributed by atoms with van der Waals surface area (Å²) in [5.41, 5.74) is 1.70. The SMILES string of the molecule is CCCC1(OCC)CCC(c2ccccc2)CC1. The fourth-order valence-electron chi connectivity index (χ4n) is 3.43. The van der Waals surface area contributed by atoms with Crippen molar-refractivity contribution in [3.05, 3.63) is 35.9 Å². The van der Waals surface area contributed by atoms with Crippen LogP contribution in [0.25, 0.3) is 0 Å². The maximum Gasteiger partial charge on any atom is 0.0682 e. The van der Waals surface area contributed by atoms with Crippen LogP contribution in [0.15, 0.2) is 30.3 Å². The van der Waals surface area contributed by atoms with Crippen molar-refractivity contribution >= 4 is 0 Å². The van der Waals surface area contributed by atoms with Gasteiger partial charge in [0.05, 0.1) is 5.60 Å². The van der Waals surface area contributed by atoms with Gasteiger partial charge in [-0.1, -0.05) is 43.7 Å². The van der Waals surface area contributed by atoms with Gasteiger partial charge in [-0.25, -0.2) is 0 Å². The van der Waals surface area contributed by atoms with Crippen molar-refractivity contribution in [1.82, 2.24) is 0 Å². The fourth-order valence-corrected chi connectivity index (χ4v) is 3.43. The van der Waals surface area contributed by atoms with Crippen LogP contribution in [0, 0.1) is 0 Å². The molecule has 1 aromatic carbocycles.